The van der Waals surface area contributed by atoms with Gasteiger partial charge in [0.1, 0.15) is 11.9 Å². The van der Waals surface area contributed by atoms with Crippen molar-refractivity contribution < 1.29 is 4.79 Å². The average molecular weight is 294 g/mol. The lowest BCUT2D eigenvalue weighted by molar-refractivity contribution is -0.123. The van der Waals surface area contributed by atoms with Gasteiger partial charge in [-0.05, 0) is 45.4 Å². The Hall–Kier alpha value is -1.55. The van der Waals surface area contributed by atoms with Gasteiger partial charge >= 0.3 is 0 Å². The van der Waals surface area contributed by atoms with Crippen LogP contribution in [0.15, 0.2) is 18.2 Å². The van der Waals surface area contributed by atoms with E-state index in [-0.39, 0.29) is 17.3 Å². The first-order valence-corrected chi connectivity index (χ1v) is 7.29. The fourth-order valence-corrected chi connectivity index (χ4v) is 2.51. The number of carbonyl (C=O) groups excluding carboxylic acids is 1. The van der Waals surface area contributed by atoms with Crippen LogP contribution in [0.2, 0.25) is 0 Å². The summed E-state index contributed by atoms with van der Waals surface area (Å²) in [4.78, 5) is 16.7. The summed E-state index contributed by atoms with van der Waals surface area (Å²) >= 11 is 6.23. The van der Waals surface area contributed by atoms with E-state index in [0.29, 0.717) is 6.54 Å². The van der Waals surface area contributed by atoms with Crippen molar-refractivity contribution in [2.24, 2.45) is 0 Å². The van der Waals surface area contributed by atoms with E-state index >= 15 is 0 Å². The summed E-state index contributed by atoms with van der Waals surface area (Å²) < 4.78 is 1.93. The monoisotopic (exact) mass is 293 g/mol. The Balaban J connectivity index is 2.59. The van der Waals surface area contributed by atoms with Crippen LogP contribution in [0.25, 0.3) is 11.0 Å². The minimum Gasteiger partial charge on any atom is -0.355 e. The molecular formula is C15H20ClN3O. The molecule has 0 fully saturated rings. The van der Waals surface area contributed by atoms with Crippen LogP contribution in [0.1, 0.15) is 43.6 Å². The van der Waals surface area contributed by atoms with E-state index in [4.69, 9.17) is 11.6 Å². The zero-order chi connectivity index (χ0) is 14.9. The highest BCUT2D eigenvalue weighted by Gasteiger charge is 2.23. The molecule has 5 heteroatoms. The second-order valence-electron chi connectivity index (χ2n) is 5.02. The fraction of sp³-hybridized carbons (Fsp3) is 0.467. The van der Waals surface area contributed by atoms with Crippen LogP contribution in [0.5, 0.6) is 0 Å². The van der Waals surface area contributed by atoms with E-state index in [1.54, 1.807) is 0 Å². The molecule has 0 saturated carbocycles. The molecule has 2 rings (SSSR count). The molecule has 0 radical (unpaired) electrons. The molecule has 0 spiro atoms. The van der Waals surface area contributed by atoms with Crippen molar-refractivity contribution in [3.63, 3.8) is 0 Å². The molecule has 108 valence electrons. The van der Waals surface area contributed by atoms with Crippen LogP contribution in [0.4, 0.5) is 0 Å². The number of nitrogens with one attached hydrogen (secondary N) is 1. The van der Waals surface area contributed by atoms with Gasteiger partial charge in [0.2, 0.25) is 5.91 Å². The van der Waals surface area contributed by atoms with Gasteiger partial charge in [-0.25, -0.2) is 4.98 Å². The Morgan fingerprint density at radius 2 is 2.15 bits per heavy atom. The van der Waals surface area contributed by atoms with Gasteiger partial charge in [0.05, 0.1) is 16.4 Å². The Morgan fingerprint density at radius 3 is 2.75 bits per heavy atom. The van der Waals surface area contributed by atoms with Crippen LogP contribution in [0, 0.1) is 6.92 Å². The van der Waals surface area contributed by atoms with E-state index in [1.165, 1.54) is 0 Å². The molecule has 4 nitrogen and oxygen atoms in total. The smallest absolute Gasteiger partial charge is 0.242 e. The lowest BCUT2D eigenvalue weighted by Crippen LogP contribution is -2.31. The summed E-state index contributed by atoms with van der Waals surface area (Å²) in [5.41, 5.74) is 2.96. The number of carbonyl (C=O) groups is 1. The molecule has 1 N–H and O–H groups in total. The predicted octanol–water partition coefficient (Wildman–Crippen LogP) is 3.34. The van der Waals surface area contributed by atoms with Crippen LogP contribution < -0.4 is 5.32 Å². The van der Waals surface area contributed by atoms with Crippen molar-refractivity contribution in [2.75, 3.05) is 6.54 Å². The van der Waals surface area contributed by atoms with E-state index in [0.717, 1.165) is 22.4 Å². The number of hydrogen-bond donors (Lipinski definition) is 1. The maximum absolute atomic E-state index is 12.1. The standard InChI is InChI=1S/C15H20ClN3O/c1-5-17-15(20)11(4)19-13-7-6-9(2)8-12(13)18-14(19)10(3)16/h6-8,10-11H,5H2,1-4H3,(H,17,20). The number of aryl methyl sites for hydroxylation is 1. The molecular weight excluding hydrogens is 274 g/mol. The number of fused-ring (bicyclic) bond motifs is 1. The number of likely N-dealkylation sites (N-methyl/N-ethyl adjacent to an activating group) is 1. The number of aromatic nitrogens is 2. The lowest BCUT2D eigenvalue weighted by atomic mass is 10.2. The van der Waals surface area contributed by atoms with Gasteiger partial charge in [0, 0.05) is 6.54 Å². The second kappa shape index (κ2) is 5.83. The van der Waals surface area contributed by atoms with E-state index < -0.39 is 0 Å². The van der Waals surface area contributed by atoms with Crippen molar-refractivity contribution >= 4 is 28.5 Å². The lowest BCUT2D eigenvalue weighted by Gasteiger charge is -2.17. The van der Waals surface area contributed by atoms with Gasteiger partial charge in [-0.15, -0.1) is 11.6 Å². The number of nitrogens with zero attached hydrogens (tertiary/aromatic N) is 2. The molecule has 0 aliphatic rings. The molecule has 0 aliphatic carbocycles. The molecule has 1 aromatic carbocycles. The minimum absolute atomic E-state index is 0.0223. The van der Waals surface area contributed by atoms with Crippen LogP contribution in [-0.2, 0) is 4.79 Å². The predicted molar refractivity (Wildman–Crippen MR) is 82.1 cm³/mol. The Bertz CT molecular complexity index is 633. The summed E-state index contributed by atoms with van der Waals surface area (Å²) in [7, 11) is 0. The molecule has 1 aromatic heterocycles. The summed E-state index contributed by atoms with van der Waals surface area (Å²) in [6.07, 6.45) is 0. The van der Waals surface area contributed by atoms with Gasteiger partial charge in [0.15, 0.2) is 0 Å². The molecule has 2 atom stereocenters. The summed E-state index contributed by atoms with van der Waals surface area (Å²) in [5, 5.41) is 2.59. The first-order valence-electron chi connectivity index (χ1n) is 6.86. The third kappa shape index (κ3) is 2.66. The van der Waals surface area contributed by atoms with Crippen molar-refractivity contribution in [3.8, 4) is 0 Å². The van der Waals surface area contributed by atoms with Gasteiger partial charge in [-0.2, -0.15) is 0 Å². The molecule has 2 unspecified atom stereocenters. The van der Waals surface area contributed by atoms with E-state index in [9.17, 15) is 4.79 Å². The van der Waals surface area contributed by atoms with Crippen LogP contribution in [0.3, 0.4) is 0 Å². The molecule has 1 heterocycles. The number of rotatable bonds is 4. The van der Waals surface area contributed by atoms with Gasteiger partial charge in [0.25, 0.3) is 0 Å². The Morgan fingerprint density at radius 1 is 1.45 bits per heavy atom. The van der Waals surface area contributed by atoms with Crippen molar-refractivity contribution in [1.82, 2.24) is 14.9 Å². The quantitative estimate of drug-likeness (QED) is 0.879. The number of imidazole rings is 1. The first-order chi connectivity index (χ1) is 9.45. The van der Waals surface area contributed by atoms with Gasteiger partial charge in [-0.1, -0.05) is 6.07 Å². The second-order valence-corrected chi connectivity index (χ2v) is 5.67. The molecule has 0 bridgehead atoms. The van der Waals surface area contributed by atoms with E-state index in [2.05, 4.69) is 10.3 Å². The maximum Gasteiger partial charge on any atom is 0.242 e. The first kappa shape index (κ1) is 14.9. The topological polar surface area (TPSA) is 46.9 Å². The normalized spacial score (nSPS) is 14.2. The maximum atomic E-state index is 12.1. The minimum atomic E-state index is -0.334. The SMILES string of the molecule is CCNC(=O)C(C)n1c(C(C)Cl)nc2cc(C)ccc21. The number of hydrogen-bond acceptors (Lipinski definition) is 2. The fourth-order valence-electron chi connectivity index (χ4n) is 2.35. The molecule has 20 heavy (non-hydrogen) atoms. The Labute approximate surface area is 124 Å². The highest BCUT2D eigenvalue weighted by atomic mass is 35.5. The Kier molecular flexibility index (Phi) is 4.33. The average Bonchev–Trinajstić information content (AvgIpc) is 2.76. The van der Waals surface area contributed by atoms with Crippen molar-refractivity contribution in [3.05, 3.63) is 29.6 Å². The van der Waals surface area contributed by atoms with E-state index in [1.807, 2.05) is 50.5 Å². The van der Waals surface area contributed by atoms with Crippen molar-refractivity contribution in [1.29, 1.82) is 0 Å². The summed E-state index contributed by atoms with van der Waals surface area (Å²) in [6, 6.07) is 5.70. The molecule has 2 aromatic rings. The number of halogens is 1. The highest BCUT2D eigenvalue weighted by molar-refractivity contribution is 6.20. The zero-order valence-corrected chi connectivity index (χ0v) is 13.0. The molecule has 1 amide bonds. The van der Waals surface area contributed by atoms with Gasteiger partial charge in [-0.3, -0.25) is 4.79 Å². The third-order valence-corrected chi connectivity index (χ3v) is 3.54. The number of alkyl halides is 1. The number of amides is 1. The van der Waals surface area contributed by atoms with Crippen LogP contribution >= 0.6 is 11.6 Å². The summed E-state index contributed by atoms with van der Waals surface area (Å²) in [6.45, 7) is 8.28. The zero-order valence-electron chi connectivity index (χ0n) is 12.3. The summed E-state index contributed by atoms with van der Waals surface area (Å²) in [5.74, 6) is 0.706. The van der Waals surface area contributed by atoms with Crippen molar-refractivity contribution in [2.45, 2.75) is 39.1 Å². The van der Waals surface area contributed by atoms with Gasteiger partial charge < -0.3 is 9.88 Å². The van der Waals surface area contributed by atoms with Crippen LogP contribution in [-0.4, -0.2) is 22.0 Å². The third-order valence-electron chi connectivity index (χ3n) is 3.35. The number of benzene rings is 1. The molecule has 0 saturated heterocycles. The highest BCUT2D eigenvalue weighted by Crippen LogP contribution is 2.28. The molecule has 0 aliphatic heterocycles. The largest absolute Gasteiger partial charge is 0.355 e.